The normalized spacial score (nSPS) is 20.2. The van der Waals surface area contributed by atoms with Gasteiger partial charge in [0.25, 0.3) is 5.91 Å². The molecule has 0 radical (unpaired) electrons. The van der Waals surface area contributed by atoms with E-state index in [2.05, 4.69) is 5.32 Å². The highest BCUT2D eigenvalue weighted by Gasteiger charge is 2.56. The molecule has 0 saturated carbocycles. The molecule has 0 bridgehead atoms. The Balaban J connectivity index is 1.82. The molecule has 1 saturated heterocycles. The lowest BCUT2D eigenvalue weighted by atomic mass is 9.74. The van der Waals surface area contributed by atoms with Crippen molar-refractivity contribution in [2.75, 3.05) is 44.7 Å². The van der Waals surface area contributed by atoms with Crippen molar-refractivity contribution in [3.05, 3.63) is 41.5 Å². The molecule has 4 rings (SSSR count). The summed E-state index contributed by atoms with van der Waals surface area (Å²) >= 11 is 0. The molecule has 2 aromatic rings. The molecular weight excluding hydrogens is 414 g/mol. The number of barbiturate groups is 1. The van der Waals surface area contributed by atoms with E-state index in [9.17, 15) is 14.4 Å². The van der Waals surface area contributed by atoms with Crippen LogP contribution in [-0.2, 0) is 16.0 Å². The van der Waals surface area contributed by atoms with E-state index in [1.807, 2.05) is 37.1 Å². The van der Waals surface area contributed by atoms with Gasteiger partial charge < -0.3 is 19.1 Å². The second-order valence-electron chi connectivity index (χ2n) is 8.03. The Kier molecular flexibility index (Phi) is 5.20. The summed E-state index contributed by atoms with van der Waals surface area (Å²) in [4.78, 5) is 42.6. The Morgan fingerprint density at radius 2 is 1.62 bits per heavy atom. The van der Waals surface area contributed by atoms with Gasteiger partial charge in [-0.25, -0.2) is 9.69 Å². The minimum atomic E-state index is -1.45. The number of carbonyl (C=O) groups is 3. The van der Waals surface area contributed by atoms with Gasteiger partial charge in [-0.1, -0.05) is 17.7 Å². The first-order chi connectivity index (χ1) is 15.2. The van der Waals surface area contributed by atoms with Crippen molar-refractivity contribution in [3.63, 3.8) is 0 Å². The van der Waals surface area contributed by atoms with Gasteiger partial charge in [-0.3, -0.25) is 14.9 Å². The van der Waals surface area contributed by atoms with E-state index in [1.54, 1.807) is 0 Å². The minimum Gasteiger partial charge on any atom is -0.493 e. The van der Waals surface area contributed by atoms with Crippen LogP contribution in [-0.4, -0.2) is 52.8 Å². The van der Waals surface area contributed by atoms with Gasteiger partial charge in [0.15, 0.2) is 16.9 Å². The first-order valence-electron chi connectivity index (χ1n) is 10.1. The molecule has 1 fully saturated rings. The van der Waals surface area contributed by atoms with Gasteiger partial charge in [-0.05, 0) is 25.0 Å². The third-order valence-electron chi connectivity index (χ3n) is 6.02. The van der Waals surface area contributed by atoms with Crippen molar-refractivity contribution in [3.8, 4) is 17.2 Å². The molecular formula is C23H25N3O6. The molecule has 0 aliphatic carbocycles. The predicted octanol–water partition coefficient (Wildman–Crippen LogP) is 2.28. The van der Waals surface area contributed by atoms with E-state index in [0.29, 0.717) is 5.75 Å². The number of methoxy groups -OCH3 is 3. The van der Waals surface area contributed by atoms with E-state index < -0.39 is 23.3 Å². The molecule has 1 N–H and O–H groups in total. The Morgan fingerprint density at radius 1 is 0.969 bits per heavy atom. The maximum Gasteiger partial charge on any atom is 0.335 e. The van der Waals surface area contributed by atoms with Crippen molar-refractivity contribution in [1.82, 2.24) is 5.32 Å². The number of benzene rings is 2. The number of urea groups is 1. The summed E-state index contributed by atoms with van der Waals surface area (Å²) in [5.41, 5.74) is 1.62. The molecule has 1 spiro atoms. The van der Waals surface area contributed by atoms with Gasteiger partial charge in [0.1, 0.15) is 0 Å². The fourth-order valence-electron chi connectivity index (χ4n) is 4.50. The first kappa shape index (κ1) is 21.5. The predicted molar refractivity (Wildman–Crippen MR) is 118 cm³/mol. The molecule has 4 amide bonds. The fourth-order valence-corrected chi connectivity index (χ4v) is 4.50. The quantitative estimate of drug-likeness (QED) is 0.730. The van der Waals surface area contributed by atoms with Crippen LogP contribution in [0.2, 0.25) is 0 Å². The molecule has 2 heterocycles. The van der Waals surface area contributed by atoms with Crippen LogP contribution in [0.1, 0.15) is 11.1 Å². The second kappa shape index (κ2) is 7.74. The molecule has 1 atom stereocenters. The average molecular weight is 439 g/mol. The highest BCUT2D eigenvalue weighted by atomic mass is 16.5. The molecule has 0 unspecified atom stereocenters. The van der Waals surface area contributed by atoms with Crippen LogP contribution >= 0.6 is 0 Å². The Labute approximate surface area is 185 Å². The van der Waals surface area contributed by atoms with E-state index in [4.69, 9.17) is 14.2 Å². The molecule has 9 nitrogen and oxygen atoms in total. The molecule has 9 heteroatoms. The number of imide groups is 2. The van der Waals surface area contributed by atoms with E-state index in [1.165, 1.54) is 33.5 Å². The largest absolute Gasteiger partial charge is 0.493 e. The number of anilines is 2. The number of rotatable bonds is 4. The van der Waals surface area contributed by atoms with Gasteiger partial charge >= 0.3 is 6.03 Å². The van der Waals surface area contributed by atoms with E-state index >= 15 is 0 Å². The molecule has 2 aliphatic heterocycles. The van der Waals surface area contributed by atoms with Crippen LogP contribution in [0.3, 0.4) is 0 Å². The Hall–Kier alpha value is -3.75. The van der Waals surface area contributed by atoms with Gasteiger partial charge in [-0.2, -0.15) is 0 Å². The number of fused-ring (bicyclic) bond motifs is 1. The topological polar surface area (TPSA) is 97.4 Å². The summed E-state index contributed by atoms with van der Waals surface area (Å²) < 4.78 is 16.1. The summed E-state index contributed by atoms with van der Waals surface area (Å²) in [6.07, 6.45) is 0.188. The van der Waals surface area contributed by atoms with Crippen molar-refractivity contribution in [1.29, 1.82) is 0 Å². The third-order valence-corrected chi connectivity index (χ3v) is 6.02. The zero-order chi connectivity index (χ0) is 23.2. The fraction of sp³-hybridized carbons (Fsp3) is 0.348. The van der Waals surface area contributed by atoms with Gasteiger partial charge in [0, 0.05) is 31.4 Å². The number of hydrogen-bond acceptors (Lipinski definition) is 7. The maximum absolute atomic E-state index is 13.8. The van der Waals surface area contributed by atoms with Gasteiger partial charge in [0.2, 0.25) is 11.7 Å². The number of nitrogens with zero attached hydrogens (tertiary/aromatic N) is 2. The summed E-state index contributed by atoms with van der Waals surface area (Å²) in [6.45, 7) is 2.10. The van der Waals surface area contributed by atoms with Crippen LogP contribution < -0.4 is 29.3 Å². The lowest BCUT2D eigenvalue weighted by Gasteiger charge is -2.45. The van der Waals surface area contributed by atoms with Gasteiger partial charge in [-0.15, -0.1) is 0 Å². The van der Waals surface area contributed by atoms with Crippen molar-refractivity contribution < 1.29 is 28.6 Å². The monoisotopic (exact) mass is 439 g/mol. The Bertz CT molecular complexity index is 1110. The van der Waals surface area contributed by atoms with Crippen LogP contribution in [0.25, 0.3) is 0 Å². The van der Waals surface area contributed by atoms with E-state index in [0.717, 1.165) is 21.7 Å². The van der Waals surface area contributed by atoms with Crippen molar-refractivity contribution >= 4 is 29.2 Å². The maximum atomic E-state index is 13.8. The third kappa shape index (κ3) is 3.12. The minimum absolute atomic E-state index is 0.141. The van der Waals surface area contributed by atoms with Crippen molar-refractivity contribution in [2.45, 2.75) is 13.3 Å². The Morgan fingerprint density at radius 3 is 2.22 bits per heavy atom. The number of ether oxygens (including phenoxy) is 3. The standard InChI is InChI=1S/C23H25N3O6/c1-13-6-7-16-14(8-13)11-23(12-25(16)2)20(27)24-22(29)26(21(23)28)15-9-17(30-3)19(32-5)18(10-15)31-4/h6-10H,11-12H2,1-5H3,(H,24,27,29)/t23-/m1/s1. The van der Waals surface area contributed by atoms with E-state index in [-0.39, 0.29) is 30.2 Å². The molecule has 168 valence electrons. The van der Waals surface area contributed by atoms with Crippen molar-refractivity contribution in [2.24, 2.45) is 5.41 Å². The molecule has 2 aliphatic rings. The number of aryl methyl sites for hydroxylation is 1. The van der Waals surface area contributed by atoms with Crippen LogP contribution in [0.5, 0.6) is 17.2 Å². The number of amides is 4. The SMILES string of the molecule is COc1cc(N2C(=O)NC(=O)[C@]3(Cc4cc(C)ccc4N(C)C3)C2=O)cc(OC)c1OC. The van der Waals surface area contributed by atoms with Crippen LogP contribution in [0.15, 0.2) is 30.3 Å². The van der Waals surface area contributed by atoms with Gasteiger partial charge in [0.05, 0.1) is 27.0 Å². The lowest BCUT2D eigenvalue weighted by Crippen LogP contribution is -2.68. The average Bonchev–Trinajstić information content (AvgIpc) is 2.76. The smallest absolute Gasteiger partial charge is 0.335 e. The molecule has 0 aromatic heterocycles. The summed E-state index contributed by atoms with van der Waals surface area (Å²) in [7, 11) is 6.18. The highest BCUT2D eigenvalue weighted by molar-refractivity contribution is 6.30. The molecule has 2 aromatic carbocycles. The zero-order valence-electron chi connectivity index (χ0n) is 18.6. The summed E-state index contributed by atoms with van der Waals surface area (Å²) in [5.74, 6) is -0.295. The summed E-state index contributed by atoms with van der Waals surface area (Å²) in [6, 6.07) is 8.12. The second-order valence-corrected chi connectivity index (χ2v) is 8.03. The number of nitrogens with one attached hydrogen (secondary N) is 1. The zero-order valence-corrected chi connectivity index (χ0v) is 18.6. The highest BCUT2D eigenvalue weighted by Crippen LogP contribution is 2.44. The number of carbonyl (C=O) groups excluding carboxylic acids is 3. The molecule has 32 heavy (non-hydrogen) atoms. The first-order valence-corrected chi connectivity index (χ1v) is 10.1. The summed E-state index contributed by atoms with van der Waals surface area (Å²) in [5, 5.41) is 2.38. The van der Waals surface area contributed by atoms with Crippen LogP contribution in [0, 0.1) is 12.3 Å². The lowest BCUT2D eigenvalue weighted by molar-refractivity contribution is -0.142. The number of hydrogen-bond donors (Lipinski definition) is 1. The van der Waals surface area contributed by atoms with Crippen LogP contribution in [0.4, 0.5) is 16.2 Å².